The lowest BCUT2D eigenvalue weighted by Crippen LogP contribution is -2.23. The summed E-state index contributed by atoms with van der Waals surface area (Å²) < 4.78 is 1.79. The second kappa shape index (κ2) is 8.69. The quantitative estimate of drug-likeness (QED) is 0.424. The summed E-state index contributed by atoms with van der Waals surface area (Å²) in [5.41, 5.74) is 4.88. The van der Waals surface area contributed by atoms with Crippen molar-refractivity contribution < 1.29 is 4.79 Å². The topological polar surface area (TPSA) is 84.2 Å². The van der Waals surface area contributed by atoms with Gasteiger partial charge in [0.05, 0.1) is 17.9 Å². The van der Waals surface area contributed by atoms with Crippen LogP contribution < -0.4 is 10.6 Å². The van der Waals surface area contributed by atoms with Gasteiger partial charge in [0.1, 0.15) is 0 Å². The molecular weight excluding hydrogens is 400 g/mol. The number of aromatic nitrogens is 4. The zero-order chi connectivity index (χ0) is 21.8. The summed E-state index contributed by atoms with van der Waals surface area (Å²) in [4.78, 5) is 21.3. The van der Waals surface area contributed by atoms with E-state index in [-0.39, 0.29) is 5.91 Å². The lowest BCUT2D eigenvalue weighted by molar-refractivity contribution is 0.0950. The zero-order valence-corrected chi connectivity index (χ0v) is 17.1. The van der Waals surface area contributed by atoms with Gasteiger partial charge in [-0.1, -0.05) is 42.5 Å². The molecule has 0 spiro atoms. The summed E-state index contributed by atoms with van der Waals surface area (Å²) in [6.07, 6.45) is 1.71. The Morgan fingerprint density at radius 1 is 0.844 bits per heavy atom. The molecule has 156 valence electrons. The van der Waals surface area contributed by atoms with E-state index in [2.05, 4.69) is 25.7 Å². The van der Waals surface area contributed by atoms with Crippen LogP contribution in [0, 0.1) is 0 Å². The lowest BCUT2D eigenvalue weighted by atomic mass is 10.1. The van der Waals surface area contributed by atoms with E-state index in [1.807, 2.05) is 91.0 Å². The van der Waals surface area contributed by atoms with Gasteiger partial charge in [0, 0.05) is 23.0 Å². The number of rotatable bonds is 6. The molecule has 0 unspecified atom stereocenters. The highest BCUT2D eigenvalue weighted by molar-refractivity contribution is 5.94. The molecule has 5 aromatic rings. The molecule has 0 bridgehead atoms. The molecule has 0 aliphatic carbocycles. The van der Waals surface area contributed by atoms with Gasteiger partial charge >= 0.3 is 0 Å². The molecule has 7 heteroatoms. The summed E-state index contributed by atoms with van der Waals surface area (Å²) in [6, 6.07) is 28.7. The van der Waals surface area contributed by atoms with Gasteiger partial charge < -0.3 is 10.6 Å². The number of hydrogen-bond donors (Lipinski definition) is 2. The average Bonchev–Trinajstić information content (AvgIpc) is 3.26. The van der Waals surface area contributed by atoms with Crippen LogP contribution in [-0.2, 0) is 6.54 Å². The first-order valence-electron chi connectivity index (χ1n) is 10.2. The van der Waals surface area contributed by atoms with E-state index >= 15 is 0 Å². The Morgan fingerprint density at radius 3 is 2.44 bits per heavy atom. The van der Waals surface area contributed by atoms with E-state index in [0.29, 0.717) is 18.1 Å². The number of nitrogens with zero attached hydrogens (tertiary/aromatic N) is 4. The molecule has 32 heavy (non-hydrogen) atoms. The zero-order valence-electron chi connectivity index (χ0n) is 17.1. The van der Waals surface area contributed by atoms with Crippen LogP contribution in [0.4, 0.5) is 11.6 Å². The fourth-order valence-corrected chi connectivity index (χ4v) is 3.40. The molecule has 0 fully saturated rings. The maximum atomic E-state index is 12.5. The third kappa shape index (κ3) is 4.17. The van der Waals surface area contributed by atoms with Crippen molar-refractivity contribution in [1.29, 1.82) is 0 Å². The highest BCUT2D eigenvalue weighted by atomic mass is 16.1. The number of pyridine rings is 2. The van der Waals surface area contributed by atoms with Crippen LogP contribution in [0.3, 0.4) is 0 Å². The normalized spacial score (nSPS) is 10.8. The van der Waals surface area contributed by atoms with Crippen molar-refractivity contribution >= 4 is 23.2 Å². The molecular formula is C25H20N6O. The molecule has 0 aliphatic rings. The number of fused-ring (bicyclic) bond motifs is 1. The molecule has 2 N–H and O–H groups in total. The fraction of sp³-hybridized carbons (Fsp3) is 0.0400. The molecule has 0 aliphatic heterocycles. The summed E-state index contributed by atoms with van der Waals surface area (Å²) >= 11 is 0. The molecule has 5 rings (SSSR count). The molecule has 3 aromatic heterocycles. The molecule has 7 nitrogen and oxygen atoms in total. The molecule has 0 saturated carbocycles. The molecule has 0 radical (unpaired) electrons. The van der Waals surface area contributed by atoms with Crippen molar-refractivity contribution in [1.82, 2.24) is 24.9 Å². The predicted molar refractivity (Wildman–Crippen MR) is 124 cm³/mol. The maximum absolute atomic E-state index is 12.5. The Kier molecular flexibility index (Phi) is 5.28. The second-order valence-corrected chi connectivity index (χ2v) is 7.19. The third-order valence-corrected chi connectivity index (χ3v) is 4.99. The van der Waals surface area contributed by atoms with Crippen molar-refractivity contribution in [3.63, 3.8) is 0 Å². The van der Waals surface area contributed by atoms with Crippen LogP contribution in [0.1, 0.15) is 16.1 Å². The smallest absolute Gasteiger partial charge is 0.251 e. The second-order valence-electron chi connectivity index (χ2n) is 7.19. The Morgan fingerprint density at radius 2 is 1.66 bits per heavy atom. The van der Waals surface area contributed by atoms with Gasteiger partial charge in [-0.15, -0.1) is 5.10 Å². The van der Waals surface area contributed by atoms with Crippen LogP contribution in [0.25, 0.3) is 16.9 Å². The Labute approximate surface area is 184 Å². The van der Waals surface area contributed by atoms with Crippen LogP contribution in [-0.4, -0.2) is 25.5 Å². The van der Waals surface area contributed by atoms with E-state index in [0.717, 1.165) is 28.3 Å². The van der Waals surface area contributed by atoms with Gasteiger partial charge in [0.2, 0.25) is 5.95 Å². The van der Waals surface area contributed by atoms with Crippen LogP contribution in [0.5, 0.6) is 0 Å². The Hall–Kier alpha value is -4.52. The monoisotopic (exact) mass is 420 g/mol. The van der Waals surface area contributed by atoms with E-state index in [1.54, 1.807) is 10.7 Å². The molecule has 0 atom stereocenters. The largest absolute Gasteiger partial charge is 0.346 e. The van der Waals surface area contributed by atoms with Crippen LogP contribution in [0.2, 0.25) is 0 Å². The first kappa shape index (κ1) is 19.4. The Balaban J connectivity index is 1.35. The number of para-hydroxylation sites is 1. The van der Waals surface area contributed by atoms with Crippen molar-refractivity contribution in [2.24, 2.45) is 0 Å². The van der Waals surface area contributed by atoms with E-state index in [9.17, 15) is 4.79 Å². The van der Waals surface area contributed by atoms with Gasteiger partial charge in [0.15, 0.2) is 5.65 Å². The minimum atomic E-state index is -0.143. The first-order valence-corrected chi connectivity index (χ1v) is 10.2. The number of benzene rings is 2. The summed E-state index contributed by atoms with van der Waals surface area (Å²) in [5.74, 6) is 0.379. The molecule has 1 amide bonds. The summed E-state index contributed by atoms with van der Waals surface area (Å²) in [5, 5.41) is 10.7. The number of carbonyl (C=O) groups is 1. The minimum Gasteiger partial charge on any atom is -0.346 e. The number of anilines is 2. The highest BCUT2D eigenvalue weighted by Gasteiger charge is 2.11. The van der Waals surface area contributed by atoms with Crippen molar-refractivity contribution in [3.8, 4) is 11.3 Å². The lowest BCUT2D eigenvalue weighted by Gasteiger charge is -2.07. The minimum absolute atomic E-state index is 0.143. The van der Waals surface area contributed by atoms with E-state index in [1.165, 1.54) is 0 Å². The maximum Gasteiger partial charge on any atom is 0.251 e. The van der Waals surface area contributed by atoms with Crippen molar-refractivity contribution in [2.75, 3.05) is 5.32 Å². The predicted octanol–water partition coefficient (Wildman–Crippen LogP) is 4.46. The number of hydrogen-bond acceptors (Lipinski definition) is 5. The average molecular weight is 420 g/mol. The third-order valence-electron chi connectivity index (χ3n) is 4.99. The van der Waals surface area contributed by atoms with Crippen LogP contribution >= 0.6 is 0 Å². The van der Waals surface area contributed by atoms with Crippen LogP contribution in [0.15, 0.2) is 97.2 Å². The van der Waals surface area contributed by atoms with Gasteiger partial charge in [-0.3, -0.25) is 9.78 Å². The molecule has 0 saturated heterocycles. The number of nitrogens with one attached hydrogen (secondary N) is 2. The van der Waals surface area contributed by atoms with Gasteiger partial charge in [-0.05, 0) is 48.5 Å². The van der Waals surface area contributed by atoms with E-state index in [4.69, 9.17) is 0 Å². The van der Waals surface area contributed by atoms with Gasteiger partial charge in [-0.2, -0.15) is 4.98 Å². The number of carbonyl (C=O) groups excluding carboxylic acids is 1. The number of amides is 1. The Bertz CT molecular complexity index is 1350. The standard InChI is InChI=1S/C25H20N6O/c32-24(27-17-21-9-4-5-16-26-21)19-14-12-18(13-15-19)22-10-6-11-23-29-25(30-31(22)23)28-20-7-2-1-3-8-20/h1-16H,17H2,(H,27,32)(H,28,30). The van der Waals surface area contributed by atoms with Crippen molar-refractivity contribution in [3.05, 3.63) is 108 Å². The highest BCUT2D eigenvalue weighted by Crippen LogP contribution is 2.22. The molecule has 3 heterocycles. The van der Waals surface area contributed by atoms with Gasteiger partial charge in [-0.25, -0.2) is 4.52 Å². The van der Waals surface area contributed by atoms with Crippen molar-refractivity contribution in [2.45, 2.75) is 6.54 Å². The molecule has 2 aromatic carbocycles. The summed E-state index contributed by atoms with van der Waals surface area (Å²) in [7, 11) is 0. The van der Waals surface area contributed by atoms with E-state index < -0.39 is 0 Å². The summed E-state index contributed by atoms with van der Waals surface area (Å²) in [6.45, 7) is 0.386. The fourth-order valence-electron chi connectivity index (χ4n) is 3.40. The SMILES string of the molecule is O=C(NCc1ccccn1)c1ccc(-c2cccc3nc(Nc4ccccc4)nn23)cc1. The first-order chi connectivity index (χ1) is 15.8. The van der Waals surface area contributed by atoms with Gasteiger partial charge in [0.25, 0.3) is 5.91 Å².